The molecule has 1 atom stereocenters. The zero-order valence-corrected chi connectivity index (χ0v) is 13.9. The molecule has 24 heavy (non-hydrogen) atoms. The summed E-state index contributed by atoms with van der Waals surface area (Å²) in [5.74, 6) is -1.82. The minimum Gasteiger partial charge on any atom is -0.481 e. The number of hydrogen-bond donors (Lipinski definition) is 1. The van der Waals surface area contributed by atoms with Crippen LogP contribution in [-0.4, -0.2) is 28.4 Å². The zero-order chi connectivity index (χ0) is 17.1. The maximum Gasteiger partial charge on any atom is 0.304 e. The number of fused-ring (bicyclic) bond motifs is 1. The number of carboxylic acids is 1. The highest BCUT2D eigenvalue weighted by molar-refractivity contribution is 6.30. The van der Waals surface area contributed by atoms with Gasteiger partial charge in [-0.2, -0.15) is 0 Å². The van der Waals surface area contributed by atoms with Crippen molar-refractivity contribution in [1.29, 1.82) is 0 Å². The molecule has 0 aromatic heterocycles. The SMILES string of the molecule is O=C(O)CC(C(=O)N1CCc2ccccc2C1)c1ccc(Cl)cc1. The van der Waals surface area contributed by atoms with Crippen LogP contribution in [0.3, 0.4) is 0 Å². The third kappa shape index (κ3) is 3.60. The van der Waals surface area contributed by atoms with Crippen molar-refractivity contribution in [2.75, 3.05) is 6.54 Å². The lowest BCUT2D eigenvalue weighted by Crippen LogP contribution is -2.39. The van der Waals surface area contributed by atoms with Crippen molar-refractivity contribution in [2.45, 2.75) is 25.3 Å². The first-order valence-electron chi connectivity index (χ1n) is 7.87. The number of rotatable bonds is 4. The summed E-state index contributed by atoms with van der Waals surface area (Å²) in [6, 6.07) is 14.9. The lowest BCUT2D eigenvalue weighted by molar-refractivity contribution is -0.142. The standard InChI is InChI=1S/C19H18ClNO3/c20-16-7-5-14(6-8-16)17(11-18(22)23)19(24)21-10-9-13-3-1-2-4-15(13)12-21/h1-8,17H,9-12H2,(H,22,23). The third-order valence-corrected chi connectivity index (χ3v) is 4.64. The van der Waals surface area contributed by atoms with Gasteiger partial charge in [0.15, 0.2) is 0 Å². The molecule has 3 rings (SSSR count). The normalized spacial score (nSPS) is 14.8. The van der Waals surface area contributed by atoms with Crippen LogP contribution in [-0.2, 0) is 22.6 Å². The molecule has 0 saturated heterocycles. The van der Waals surface area contributed by atoms with Gasteiger partial charge < -0.3 is 10.0 Å². The number of carbonyl (C=O) groups excluding carboxylic acids is 1. The Balaban J connectivity index is 1.84. The molecule has 0 aliphatic carbocycles. The summed E-state index contributed by atoms with van der Waals surface area (Å²) < 4.78 is 0. The molecule has 1 N–H and O–H groups in total. The molecule has 0 fully saturated rings. The van der Waals surface area contributed by atoms with E-state index in [1.165, 1.54) is 5.56 Å². The van der Waals surface area contributed by atoms with Crippen LogP contribution in [0.1, 0.15) is 29.0 Å². The fourth-order valence-corrected chi connectivity index (χ4v) is 3.25. The van der Waals surface area contributed by atoms with Crippen molar-refractivity contribution < 1.29 is 14.7 Å². The Morgan fingerprint density at radius 2 is 1.75 bits per heavy atom. The topological polar surface area (TPSA) is 57.6 Å². The van der Waals surface area contributed by atoms with Crippen LogP contribution in [0.15, 0.2) is 48.5 Å². The summed E-state index contributed by atoms with van der Waals surface area (Å²) in [5, 5.41) is 9.77. The number of carbonyl (C=O) groups is 2. The molecule has 1 aliphatic heterocycles. The van der Waals surface area contributed by atoms with Crippen LogP contribution in [0.5, 0.6) is 0 Å². The van der Waals surface area contributed by atoms with Gasteiger partial charge in [0.1, 0.15) is 0 Å². The monoisotopic (exact) mass is 343 g/mol. The molecule has 1 unspecified atom stereocenters. The Morgan fingerprint density at radius 1 is 1.08 bits per heavy atom. The third-order valence-electron chi connectivity index (χ3n) is 4.39. The fourth-order valence-electron chi connectivity index (χ4n) is 3.12. The van der Waals surface area contributed by atoms with Gasteiger partial charge >= 0.3 is 5.97 Å². The average molecular weight is 344 g/mol. The summed E-state index contributed by atoms with van der Waals surface area (Å²) in [6.07, 6.45) is 0.570. The van der Waals surface area contributed by atoms with Gasteiger partial charge in [0.2, 0.25) is 5.91 Å². The van der Waals surface area contributed by atoms with E-state index in [1.54, 1.807) is 29.2 Å². The lowest BCUT2D eigenvalue weighted by Gasteiger charge is -2.31. The molecule has 1 amide bonds. The van der Waals surface area contributed by atoms with Crippen LogP contribution in [0, 0.1) is 0 Å². The highest BCUT2D eigenvalue weighted by atomic mass is 35.5. The molecule has 124 valence electrons. The van der Waals surface area contributed by atoms with E-state index in [9.17, 15) is 14.7 Å². The minimum absolute atomic E-state index is 0.144. The Kier molecular flexibility index (Phi) is 4.86. The molecule has 4 nitrogen and oxygen atoms in total. The Labute approximate surface area is 145 Å². The van der Waals surface area contributed by atoms with Gasteiger partial charge in [0.25, 0.3) is 0 Å². The van der Waals surface area contributed by atoms with Crippen molar-refractivity contribution in [3.05, 3.63) is 70.2 Å². The molecule has 0 bridgehead atoms. The minimum atomic E-state index is -0.985. The van der Waals surface area contributed by atoms with E-state index in [-0.39, 0.29) is 12.3 Å². The van der Waals surface area contributed by atoms with E-state index in [1.807, 2.05) is 18.2 Å². The summed E-state index contributed by atoms with van der Waals surface area (Å²) in [7, 11) is 0. The fraction of sp³-hybridized carbons (Fsp3) is 0.263. The average Bonchev–Trinajstić information content (AvgIpc) is 2.59. The molecular formula is C19H18ClNO3. The first-order chi connectivity index (χ1) is 11.5. The summed E-state index contributed by atoms with van der Waals surface area (Å²) in [6.45, 7) is 1.14. The second-order valence-electron chi connectivity index (χ2n) is 5.98. The lowest BCUT2D eigenvalue weighted by atomic mass is 9.92. The van der Waals surface area contributed by atoms with Crippen LogP contribution in [0.25, 0.3) is 0 Å². The number of amides is 1. The van der Waals surface area contributed by atoms with Crippen molar-refractivity contribution in [3.8, 4) is 0 Å². The van der Waals surface area contributed by atoms with Gasteiger partial charge in [0.05, 0.1) is 12.3 Å². The molecule has 1 heterocycles. The largest absolute Gasteiger partial charge is 0.481 e. The molecule has 2 aromatic rings. The number of hydrogen-bond acceptors (Lipinski definition) is 2. The van der Waals surface area contributed by atoms with Crippen molar-refractivity contribution >= 4 is 23.5 Å². The highest BCUT2D eigenvalue weighted by Gasteiger charge is 2.30. The molecule has 0 saturated carbocycles. The molecule has 5 heteroatoms. The van der Waals surface area contributed by atoms with Gasteiger partial charge in [-0.1, -0.05) is 48.0 Å². The summed E-state index contributed by atoms with van der Waals surface area (Å²) >= 11 is 5.89. The quantitative estimate of drug-likeness (QED) is 0.924. The Bertz CT molecular complexity index is 757. The van der Waals surface area contributed by atoms with Crippen LogP contribution in [0.2, 0.25) is 5.02 Å². The van der Waals surface area contributed by atoms with E-state index in [4.69, 9.17) is 11.6 Å². The molecule has 1 aliphatic rings. The van der Waals surface area contributed by atoms with Crippen LogP contribution in [0.4, 0.5) is 0 Å². The number of carboxylic acid groups (broad SMARTS) is 1. The second-order valence-corrected chi connectivity index (χ2v) is 6.42. The van der Waals surface area contributed by atoms with E-state index in [0.717, 1.165) is 12.0 Å². The number of nitrogens with zero attached hydrogens (tertiary/aromatic N) is 1. The number of halogens is 1. The van der Waals surface area contributed by atoms with Crippen molar-refractivity contribution in [1.82, 2.24) is 4.90 Å². The predicted octanol–water partition coefficient (Wildman–Crippen LogP) is 3.48. The van der Waals surface area contributed by atoms with Gasteiger partial charge in [-0.3, -0.25) is 9.59 Å². The number of benzene rings is 2. The molecule has 2 aromatic carbocycles. The first-order valence-corrected chi connectivity index (χ1v) is 8.25. The first kappa shape index (κ1) is 16.5. The number of aliphatic carboxylic acids is 1. The van der Waals surface area contributed by atoms with Gasteiger partial charge in [-0.25, -0.2) is 0 Å². The van der Waals surface area contributed by atoms with Gasteiger partial charge in [-0.15, -0.1) is 0 Å². The smallest absolute Gasteiger partial charge is 0.304 e. The van der Waals surface area contributed by atoms with Crippen molar-refractivity contribution in [3.63, 3.8) is 0 Å². The Hall–Kier alpha value is -2.33. The molecule has 0 spiro atoms. The Morgan fingerprint density at radius 3 is 2.42 bits per heavy atom. The van der Waals surface area contributed by atoms with E-state index in [2.05, 4.69) is 6.07 Å². The van der Waals surface area contributed by atoms with E-state index >= 15 is 0 Å². The highest BCUT2D eigenvalue weighted by Crippen LogP contribution is 2.27. The second kappa shape index (κ2) is 7.05. The predicted molar refractivity (Wildman–Crippen MR) is 92.0 cm³/mol. The summed E-state index contributed by atoms with van der Waals surface area (Å²) in [4.78, 5) is 26.0. The van der Waals surface area contributed by atoms with Crippen molar-refractivity contribution in [2.24, 2.45) is 0 Å². The van der Waals surface area contributed by atoms with E-state index in [0.29, 0.717) is 23.7 Å². The molecule has 0 radical (unpaired) electrons. The van der Waals surface area contributed by atoms with E-state index < -0.39 is 11.9 Å². The van der Waals surface area contributed by atoms with Gasteiger partial charge in [-0.05, 0) is 35.2 Å². The zero-order valence-electron chi connectivity index (χ0n) is 13.1. The van der Waals surface area contributed by atoms with Crippen LogP contribution < -0.4 is 0 Å². The maximum absolute atomic E-state index is 13.0. The maximum atomic E-state index is 13.0. The summed E-state index contributed by atoms with van der Waals surface area (Å²) in [5.41, 5.74) is 3.07. The molecular weight excluding hydrogens is 326 g/mol. The van der Waals surface area contributed by atoms with Crippen LogP contribution >= 0.6 is 11.6 Å². The van der Waals surface area contributed by atoms with Gasteiger partial charge in [0, 0.05) is 18.1 Å².